The lowest BCUT2D eigenvalue weighted by Crippen LogP contribution is -2.12. The van der Waals surface area contributed by atoms with Crippen LogP contribution in [0, 0.1) is 0 Å². The van der Waals surface area contributed by atoms with Gasteiger partial charge in [0.1, 0.15) is 10.8 Å². The smallest absolute Gasteiger partial charge is 0.139 e. The second-order valence-electron chi connectivity index (χ2n) is 6.27. The van der Waals surface area contributed by atoms with Crippen molar-refractivity contribution in [1.82, 2.24) is 4.98 Å². The van der Waals surface area contributed by atoms with Gasteiger partial charge in [-0.1, -0.05) is 20.8 Å². The Kier molecular flexibility index (Phi) is 4.74. The monoisotopic (exact) mass is 281 g/mol. The third-order valence-electron chi connectivity index (χ3n) is 3.44. The molecule has 1 saturated heterocycles. The molecule has 1 aliphatic heterocycles. The van der Waals surface area contributed by atoms with Gasteiger partial charge in [0.15, 0.2) is 0 Å². The molecule has 0 spiro atoms. The normalized spacial score (nSPS) is 19.8. The van der Waals surface area contributed by atoms with E-state index in [9.17, 15) is 4.79 Å². The molecular formula is C15H23NO2S. The van der Waals surface area contributed by atoms with Crippen LogP contribution in [0.1, 0.15) is 57.2 Å². The Morgan fingerprint density at radius 3 is 2.89 bits per heavy atom. The van der Waals surface area contributed by atoms with E-state index in [0.29, 0.717) is 18.9 Å². The molecule has 0 radical (unpaired) electrons. The van der Waals surface area contributed by atoms with Gasteiger partial charge in [-0.15, -0.1) is 11.3 Å². The highest BCUT2D eigenvalue weighted by Crippen LogP contribution is 2.24. The van der Waals surface area contributed by atoms with Gasteiger partial charge in [0.05, 0.1) is 18.2 Å². The molecule has 0 saturated carbocycles. The summed E-state index contributed by atoms with van der Waals surface area (Å²) in [6.07, 6.45) is 4.53. The average molecular weight is 281 g/mol. The molecule has 1 aliphatic rings. The first kappa shape index (κ1) is 14.7. The first-order valence-corrected chi connectivity index (χ1v) is 7.91. The van der Waals surface area contributed by atoms with Crippen molar-refractivity contribution in [3.8, 4) is 0 Å². The van der Waals surface area contributed by atoms with Crippen LogP contribution >= 0.6 is 11.3 Å². The summed E-state index contributed by atoms with van der Waals surface area (Å²) in [5, 5.41) is 3.02. The van der Waals surface area contributed by atoms with E-state index in [-0.39, 0.29) is 11.2 Å². The van der Waals surface area contributed by atoms with E-state index >= 15 is 0 Å². The molecule has 3 nitrogen and oxygen atoms in total. The summed E-state index contributed by atoms with van der Waals surface area (Å²) in [4.78, 5) is 16.5. The zero-order valence-electron chi connectivity index (χ0n) is 12.1. The van der Waals surface area contributed by atoms with E-state index in [1.54, 1.807) is 11.3 Å². The van der Waals surface area contributed by atoms with Gasteiger partial charge in [0.2, 0.25) is 0 Å². The number of nitrogens with zero attached hydrogens (tertiary/aromatic N) is 1. The fourth-order valence-electron chi connectivity index (χ4n) is 2.19. The number of aromatic nitrogens is 1. The summed E-state index contributed by atoms with van der Waals surface area (Å²) >= 11 is 1.60. The summed E-state index contributed by atoms with van der Waals surface area (Å²) in [7, 11) is 0. The Balaban J connectivity index is 1.80. The highest BCUT2D eigenvalue weighted by atomic mass is 32.1. The number of thiazole rings is 1. The Labute approximate surface area is 119 Å². The van der Waals surface area contributed by atoms with Crippen LogP contribution in [0.3, 0.4) is 0 Å². The molecule has 4 heteroatoms. The van der Waals surface area contributed by atoms with Gasteiger partial charge in [-0.05, 0) is 19.3 Å². The molecule has 0 amide bonds. The van der Waals surface area contributed by atoms with Crippen LogP contribution in [-0.4, -0.2) is 23.5 Å². The third-order valence-corrected chi connectivity index (χ3v) is 4.29. The Bertz CT molecular complexity index is 428. The molecule has 0 bridgehead atoms. The SMILES string of the molecule is CC(C)(C)c1csc(CC(=O)CCC2CCCO2)n1. The second-order valence-corrected chi connectivity index (χ2v) is 7.21. The van der Waals surface area contributed by atoms with Crippen LogP contribution in [-0.2, 0) is 21.4 Å². The van der Waals surface area contributed by atoms with Crippen LogP contribution < -0.4 is 0 Å². The summed E-state index contributed by atoms with van der Waals surface area (Å²) in [5.41, 5.74) is 1.15. The van der Waals surface area contributed by atoms with Crippen molar-refractivity contribution in [3.63, 3.8) is 0 Å². The number of hydrogen-bond donors (Lipinski definition) is 0. The Morgan fingerprint density at radius 1 is 1.53 bits per heavy atom. The maximum Gasteiger partial charge on any atom is 0.139 e. The summed E-state index contributed by atoms with van der Waals surface area (Å²) in [6.45, 7) is 7.29. The van der Waals surface area contributed by atoms with Crippen LogP contribution in [0.15, 0.2) is 5.38 Å². The van der Waals surface area contributed by atoms with E-state index in [2.05, 4.69) is 31.1 Å². The van der Waals surface area contributed by atoms with Gasteiger partial charge >= 0.3 is 0 Å². The zero-order chi connectivity index (χ0) is 13.9. The highest BCUT2D eigenvalue weighted by Gasteiger charge is 2.20. The molecule has 0 aliphatic carbocycles. The van der Waals surface area contributed by atoms with Crippen molar-refractivity contribution in [1.29, 1.82) is 0 Å². The molecular weight excluding hydrogens is 258 g/mol. The van der Waals surface area contributed by atoms with Gasteiger partial charge in [0.25, 0.3) is 0 Å². The molecule has 1 aromatic rings. The Hall–Kier alpha value is -0.740. The van der Waals surface area contributed by atoms with E-state index < -0.39 is 0 Å². The lowest BCUT2D eigenvalue weighted by atomic mass is 9.93. The molecule has 1 aromatic heterocycles. The van der Waals surface area contributed by atoms with Gasteiger partial charge < -0.3 is 4.74 Å². The number of carbonyl (C=O) groups excluding carboxylic acids is 1. The second kappa shape index (κ2) is 6.14. The summed E-state index contributed by atoms with van der Waals surface area (Å²) in [6, 6.07) is 0. The van der Waals surface area contributed by atoms with Gasteiger partial charge in [0, 0.05) is 23.8 Å². The lowest BCUT2D eigenvalue weighted by Gasteiger charge is -2.14. The predicted molar refractivity (Wildman–Crippen MR) is 77.7 cm³/mol. The number of ketones is 1. The number of hydrogen-bond acceptors (Lipinski definition) is 4. The first-order valence-electron chi connectivity index (χ1n) is 7.03. The summed E-state index contributed by atoms with van der Waals surface area (Å²) in [5.74, 6) is 0.283. The minimum absolute atomic E-state index is 0.0650. The molecule has 0 N–H and O–H groups in total. The van der Waals surface area contributed by atoms with Crippen molar-refractivity contribution >= 4 is 17.1 Å². The molecule has 1 fully saturated rings. The minimum atomic E-state index is 0.0650. The van der Waals surface area contributed by atoms with Crippen molar-refractivity contribution in [3.05, 3.63) is 16.1 Å². The largest absolute Gasteiger partial charge is 0.378 e. The zero-order valence-corrected chi connectivity index (χ0v) is 12.9. The molecule has 106 valence electrons. The number of Topliss-reactive ketones (excluding diaryl/α,β-unsaturated/α-hetero) is 1. The Morgan fingerprint density at radius 2 is 2.32 bits per heavy atom. The molecule has 2 rings (SSSR count). The number of ether oxygens (including phenoxy) is 1. The van der Waals surface area contributed by atoms with Crippen LogP contribution in [0.4, 0.5) is 0 Å². The van der Waals surface area contributed by atoms with E-state index in [4.69, 9.17) is 4.74 Å². The van der Waals surface area contributed by atoms with Gasteiger partial charge in [-0.3, -0.25) is 4.79 Å². The minimum Gasteiger partial charge on any atom is -0.378 e. The highest BCUT2D eigenvalue weighted by molar-refractivity contribution is 7.09. The molecule has 1 atom stereocenters. The molecule has 0 aromatic carbocycles. The standard InChI is InChI=1S/C15H23NO2S/c1-15(2,3)13-10-19-14(16-13)9-11(17)6-7-12-5-4-8-18-12/h10,12H,4-9H2,1-3H3. The average Bonchev–Trinajstić information content (AvgIpc) is 2.95. The van der Waals surface area contributed by atoms with E-state index in [1.807, 2.05) is 0 Å². The van der Waals surface area contributed by atoms with Crippen molar-refractivity contribution in [2.75, 3.05) is 6.61 Å². The molecule has 1 unspecified atom stereocenters. The predicted octanol–water partition coefficient (Wildman–Crippen LogP) is 3.51. The topological polar surface area (TPSA) is 39.2 Å². The quantitative estimate of drug-likeness (QED) is 0.829. The van der Waals surface area contributed by atoms with Crippen molar-refractivity contribution < 1.29 is 9.53 Å². The molecule has 19 heavy (non-hydrogen) atoms. The van der Waals surface area contributed by atoms with Crippen LogP contribution in [0.5, 0.6) is 0 Å². The lowest BCUT2D eigenvalue weighted by molar-refractivity contribution is -0.119. The van der Waals surface area contributed by atoms with Gasteiger partial charge in [-0.25, -0.2) is 4.98 Å². The fourth-order valence-corrected chi connectivity index (χ4v) is 3.24. The maximum absolute atomic E-state index is 11.9. The van der Waals surface area contributed by atoms with Crippen LogP contribution in [0.2, 0.25) is 0 Å². The summed E-state index contributed by atoms with van der Waals surface area (Å²) < 4.78 is 5.54. The van der Waals surface area contributed by atoms with Gasteiger partial charge in [-0.2, -0.15) is 0 Å². The maximum atomic E-state index is 11.9. The first-order chi connectivity index (χ1) is 8.95. The van der Waals surface area contributed by atoms with Crippen LogP contribution in [0.25, 0.3) is 0 Å². The fraction of sp³-hybridized carbons (Fsp3) is 0.733. The van der Waals surface area contributed by atoms with E-state index in [0.717, 1.165) is 36.6 Å². The molecule has 2 heterocycles. The van der Waals surface area contributed by atoms with Crippen molar-refractivity contribution in [2.45, 2.75) is 64.4 Å². The van der Waals surface area contributed by atoms with E-state index in [1.165, 1.54) is 0 Å². The van der Waals surface area contributed by atoms with Crippen molar-refractivity contribution in [2.24, 2.45) is 0 Å². The number of carbonyl (C=O) groups is 1. The number of rotatable bonds is 5. The third kappa shape index (κ3) is 4.39.